The number of carbonyl (C=O) groups is 1. The summed E-state index contributed by atoms with van der Waals surface area (Å²) in [6.07, 6.45) is 4.31. The molecule has 1 aromatic rings. The van der Waals surface area contributed by atoms with Gasteiger partial charge in [0.15, 0.2) is 0 Å². The van der Waals surface area contributed by atoms with E-state index in [0.29, 0.717) is 11.8 Å². The van der Waals surface area contributed by atoms with Gasteiger partial charge < -0.3 is 9.64 Å². The molecule has 4 rings (SSSR count). The molecule has 20 heavy (non-hydrogen) atoms. The molecule has 0 aromatic carbocycles. The van der Waals surface area contributed by atoms with Crippen LogP contribution in [0.15, 0.2) is 6.07 Å². The van der Waals surface area contributed by atoms with Crippen LogP contribution in [0, 0.1) is 5.92 Å². The summed E-state index contributed by atoms with van der Waals surface area (Å²) in [5.74, 6) is 1.17. The number of amides is 1. The van der Waals surface area contributed by atoms with E-state index in [0.717, 1.165) is 45.7 Å². The van der Waals surface area contributed by atoms with Crippen LogP contribution >= 0.6 is 0 Å². The molecule has 1 aliphatic carbocycles. The topological polar surface area (TPSA) is 47.4 Å². The Kier molecular flexibility index (Phi) is 3.02. The van der Waals surface area contributed by atoms with E-state index < -0.39 is 0 Å². The maximum Gasteiger partial charge on any atom is 0.226 e. The molecule has 0 bridgehead atoms. The van der Waals surface area contributed by atoms with Gasteiger partial charge in [0, 0.05) is 31.6 Å². The first-order valence-electron chi connectivity index (χ1n) is 7.74. The van der Waals surface area contributed by atoms with Crippen LogP contribution in [0.4, 0.5) is 0 Å². The maximum absolute atomic E-state index is 12.6. The summed E-state index contributed by atoms with van der Waals surface area (Å²) in [6, 6.07) is 2.21. The number of hydrogen-bond acceptors (Lipinski definition) is 3. The molecule has 5 nitrogen and oxygen atoms in total. The second-order valence-electron chi connectivity index (χ2n) is 6.20. The number of hydrogen-bond donors (Lipinski definition) is 0. The summed E-state index contributed by atoms with van der Waals surface area (Å²) < 4.78 is 7.44. The van der Waals surface area contributed by atoms with Gasteiger partial charge >= 0.3 is 0 Å². The molecule has 0 atom stereocenters. The van der Waals surface area contributed by atoms with E-state index in [1.165, 1.54) is 24.2 Å². The Hall–Kier alpha value is -1.36. The number of carbonyl (C=O) groups excluding carboxylic acids is 1. The third kappa shape index (κ3) is 2.24. The van der Waals surface area contributed by atoms with Gasteiger partial charge in [-0.3, -0.25) is 9.48 Å². The van der Waals surface area contributed by atoms with E-state index in [2.05, 4.69) is 15.8 Å². The Bertz CT molecular complexity index is 515. The van der Waals surface area contributed by atoms with Crippen LogP contribution < -0.4 is 0 Å². The Morgan fingerprint density at radius 3 is 2.75 bits per heavy atom. The van der Waals surface area contributed by atoms with Gasteiger partial charge in [0.1, 0.15) is 0 Å². The predicted molar refractivity (Wildman–Crippen MR) is 73.2 cm³/mol. The van der Waals surface area contributed by atoms with Gasteiger partial charge in [-0.2, -0.15) is 5.10 Å². The number of nitrogens with zero attached hydrogens (tertiary/aromatic N) is 3. The van der Waals surface area contributed by atoms with E-state index in [1.807, 2.05) is 4.90 Å². The highest BCUT2D eigenvalue weighted by Crippen LogP contribution is 2.39. The fraction of sp³-hybridized carbons (Fsp3) is 0.733. The number of rotatable bonds is 2. The summed E-state index contributed by atoms with van der Waals surface area (Å²) in [5.41, 5.74) is 2.44. The van der Waals surface area contributed by atoms with Crippen molar-refractivity contribution in [3.05, 3.63) is 17.5 Å². The molecule has 1 amide bonds. The summed E-state index contributed by atoms with van der Waals surface area (Å²) >= 11 is 0. The van der Waals surface area contributed by atoms with Crippen molar-refractivity contribution in [3.63, 3.8) is 0 Å². The van der Waals surface area contributed by atoms with Crippen LogP contribution in [-0.2, 0) is 22.6 Å². The first kappa shape index (κ1) is 12.4. The van der Waals surface area contributed by atoms with Gasteiger partial charge in [0.2, 0.25) is 5.91 Å². The van der Waals surface area contributed by atoms with Gasteiger partial charge in [-0.05, 0) is 31.7 Å². The van der Waals surface area contributed by atoms with Crippen molar-refractivity contribution in [2.45, 2.75) is 44.7 Å². The second-order valence-corrected chi connectivity index (χ2v) is 6.20. The van der Waals surface area contributed by atoms with Crippen LogP contribution in [0.3, 0.4) is 0 Å². The first-order valence-corrected chi connectivity index (χ1v) is 7.74. The molecule has 2 aliphatic heterocycles. The Labute approximate surface area is 118 Å². The number of fused-ring (bicyclic) bond motifs is 1. The predicted octanol–water partition coefficient (Wildman–Crippen LogP) is 1.53. The lowest BCUT2D eigenvalue weighted by atomic mass is 9.98. The average Bonchev–Trinajstić information content (AvgIpc) is 3.26. The molecule has 0 spiro atoms. The van der Waals surface area contributed by atoms with Crippen LogP contribution in [0.25, 0.3) is 0 Å². The van der Waals surface area contributed by atoms with E-state index in [-0.39, 0.29) is 5.92 Å². The zero-order valence-electron chi connectivity index (χ0n) is 11.8. The molecule has 3 heterocycles. The van der Waals surface area contributed by atoms with Crippen molar-refractivity contribution in [2.75, 3.05) is 19.8 Å². The standard InChI is InChI=1S/C15H21N3O2/c19-15(12-3-7-20-8-4-12)17-5-6-18-13(10-17)9-14(16-18)11-1-2-11/h9,11-12H,1-8,10H2. The van der Waals surface area contributed by atoms with E-state index in [9.17, 15) is 4.79 Å². The average molecular weight is 275 g/mol. The fourth-order valence-corrected chi connectivity index (χ4v) is 3.26. The number of ether oxygens (including phenoxy) is 1. The summed E-state index contributed by atoms with van der Waals surface area (Å²) in [4.78, 5) is 14.6. The molecule has 1 saturated heterocycles. The van der Waals surface area contributed by atoms with E-state index >= 15 is 0 Å². The Balaban J connectivity index is 1.46. The zero-order valence-corrected chi connectivity index (χ0v) is 11.8. The minimum absolute atomic E-state index is 0.168. The quantitative estimate of drug-likeness (QED) is 0.822. The lowest BCUT2D eigenvalue weighted by molar-refractivity contribution is -0.140. The van der Waals surface area contributed by atoms with Crippen molar-refractivity contribution in [2.24, 2.45) is 5.92 Å². The zero-order chi connectivity index (χ0) is 13.5. The minimum atomic E-state index is 0.168. The molecular weight excluding hydrogens is 254 g/mol. The van der Waals surface area contributed by atoms with Gasteiger partial charge in [-0.15, -0.1) is 0 Å². The van der Waals surface area contributed by atoms with Gasteiger partial charge in [-0.1, -0.05) is 0 Å². The highest BCUT2D eigenvalue weighted by molar-refractivity contribution is 5.79. The lowest BCUT2D eigenvalue weighted by Gasteiger charge is -2.32. The van der Waals surface area contributed by atoms with E-state index in [4.69, 9.17) is 4.74 Å². The van der Waals surface area contributed by atoms with Crippen LogP contribution in [-0.4, -0.2) is 40.3 Å². The monoisotopic (exact) mass is 275 g/mol. The SMILES string of the molecule is O=C(C1CCOCC1)N1CCn2nc(C3CC3)cc2C1. The van der Waals surface area contributed by atoms with Crippen LogP contribution in [0.1, 0.15) is 43.0 Å². The smallest absolute Gasteiger partial charge is 0.226 e. The van der Waals surface area contributed by atoms with Crippen molar-refractivity contribution >= 4 is 5.91 Å². The van der Waals surface area contributed by atoms with Gasteiger partial charge in [0.05, 0.1) is 24.5 Å². The molecule has 3 aliphatic rings. The molecule has 108 valence electrons. The Morgan fingerprint density at radius 2 is 2.00 bits per heavy atom. The lowest BCUT2D eigenvalue weighted by Crippen LogP contribution is -2.42. The van der Waals surface area contributed by atoms with E-state index in [1.54, 1.807) is 0 Å². The highest BCUT2D eigenvalue weighted by Gasteiger charge is 2.31. The minimum Gasteiger partial charge on any atom is -0.381 e. The molecule has 5 heteroatoms. The normalized spacial score (nSPS) is 23.7. The first-order chi connectivity index (χ1) is 9.81. The molecule has 1 aromatic heterocycles. The summed E-state index contributed by atoms with van der Waals surface area (Å²) in [7, 11) is 0. The summed E-state index contributed by atoms with van der Waals surface area (Å²) in [5, 5.41) is 4.68. The second kappa shape index (κ2) is 4.88. The summed E-state index contributed by atoms with van der Waals surface area (Å²) in [6.45, 7) is 3.84. The van der Waals surface area contributed by atoms with Gasteiger partial charge in [-0.25, -0.2) is 0 Å². The Morgan fingerprint density at radius 1 is 1.20 bits per heavy atom. The fourth-order valence-electron chi connectivity index (χ4n) is 3.26. The molecule has 0 N–H and O–H groups in total. The van der Waals surface area contributed by atoms with Gasteiger partial charge in [0.25, 0.3) is 0 Å². The molecule has 0 unspecified atom stereocenters. The largest absolute Gasteiger partial charge is 0.381 e. The third-order valence-electron chi connectivity index (χ3n) is 4.69. The molecular formula is C15H21N3O2. The van der Waals surface area contributed by atoms with Crippen molar-refractivity contribution in [1.82, 2.24) is 14.7 Å². The van der Waals surface area contributed by atoms with Crippen molar-refractivity contribution in [3.8, 4) is 0 Å². The van der Waals surface area contributed by atoms with Crippen LogP contribution in [0.5, 0.6) is 0 Å². The highest BCUT2D eigenvalue weighted by atomic mass is 16.5. The molecule has 2 fully saturated rings. The maximum atomic E-state index is 12.6. The van der Waals surface area contributed by atoms with Crippen LogP contribution in [0.2, 0.25) is 0 Å². The third-order valence-corrected chi connectivity index (χ3v) is 4.69. The molecule has 0 radical (unpaired) electrons. The van der Waals surface area contributed by atoms with Crippen molar-refractivity contribution in [1.29, 1.82) is 0 Å². The van der Waals surface area contributed by atoms with Crippen molar-refractivity contribution < 1.29 is 9.53 Å². The number of aromatic nitrogens is 2. The molecule has 1 saturated carbocycles.